The lowest BCUT2D eigenvalue weighted by Crippen LogP contribution is -2.38. The molecule has 0 radical (unpaired) electrons. The van der Waals surface area contributed by atoms with Crippen LogP contribution in [0.15, 0.2) is 30.3 Å². The highest BCUT2D eigenvalue weighted by Gasteiger charge is 2.31. The molecular weight excluding hydrogens is 222 g/mol. The van der Waals surface area contributed by atoms with Gasteiger partial charge in [-0.15, -0.1) is 0 Å². The molecule has 1 aliphatic rings. The van der Waals surface area contributed by atoms with Crippen LogP contribution in [-0.4, -0.2) is 24.3 Å². The monoisotopic (exact) mass is 247 g/mol. The summed E-state index contributed by atoms with van der Waals surface area (Å²) in [6.07, 6.45) is 5.88. The number of nitrogens with one attached hydrogen (secondary N) is 1. The van der Waals surface area contributed by atoms with E-state index in [1.807, 2.05) is 0 Å². The normalized spacial score (nSPS) is 28.2. The molecule has 2 N–H and O–H groups in total. The van der Waals surface area contributed by atoms with Crippen LogP contribution >= 0.6 is 0 Å². The maximum absolute atomic E-state index is 8.79. The van der Waals surface area contributed by atoms with E-state index in [2.05, 4.69) is 42.6 Å². The lowest BCUT2D eigenvalue weighted by atomic mass is 9.69. The summed E-state index contributed by atoms with van der Waals surface area (Å²) in [5.41, 5.74) is 1.84. The molecule has 0 aromatic heterocycles. The third-order valence-electron chi connectivity index (χ3n) is 4.33. The Hall–Kier alpha value is -0.860. The van der Waals surface area contributed by atoms with Crippen LogP contribution in [0, 0.1) is 0 Å². The molecule has 0 atom stereocenters. The van der Waals surface area contributed by atoms with Gasteiger partial charge in [-0.2, -0.15) is 0 Å². The Morgan fingerprint density at radius 1 is 1.22 bits per heavy atom. The number of aliphatic hydroxyl groups excluding tert-OH is 1. The Balaban J connectivity index is 1.86. The number of hydrogen-bond acceptors (Lipinski definition) is 2. The van der Waals surface area contributed by atoms with Crippen molar-refractivity contribution in [2.45, 2.75) is 50.5 Å². The maximum Gasteiger partial charge on any atom is 0.0443 e. The molecule has 2 rings (SSSR count). The molecular formula is C16H25NO. The zero-order valence-corrected chi connectivity index (χ0v) is 11.4. The minimum absolute atomic E-state index is 0.293. The average Bonchev–Trinajstić information content (AvgIpc) is 2.42. The molecule has 2 nitrogen and oxygen atoms in total. The predicted molar refractivity (Wildman–Crippen MR) is 75.8 cm³/mol. The van der Waals surface area contributed by atoms with E-state index in [1.165, 1.54) is 31.2 Å². The Morgan fingerprint density at radius 3 is 2.50 bits per heavy atom. The molecule has 1 aliphatic carbocycles. The molecule has 0 amide bonds. The van der Waals surface area contributed by atoms with E-state index < -0.39 is 0 Å². The second kappa shape index (κ2) is 6.35. The second-order valence-electron chi connectivity index (χ2n) is 5.73. The van der Waals surface area contributed by atoms with Crippen molar-refractivity contribution in [2.75, 3.05) is 13.2 Å². The third-order valence-corrected chi connectivity index (χ3v) is 4.33. The summed E-state index contributed by atoms with van der Waals surface area (Å²) < 4.78 is 0. The van der Waals surface area contributed by atoms with Gasteiger partial charge in [0, 0.05) is 12.6 Å². The summed E-state index contributed by atoms with van der Waals surface area (Å²) in [4.78, 5) is 0. The molecule has 0 unspecified atom stereocenters. The van der Waals surface area contributed by atoms with Gasteiger partial charge in [0.25, 0.3) is 0 Å². The van der Waals surface area contributed by atoms with Gasteiger partial charge in [-0.05, 0) is 49.6 Å². The Labute approximate surface area is 110 Å². The predicted octanol–water partition coefficient (Wildman–Crippen LogP) is 2.86. The molecule has 2 heteroatoms. The van der Waals surface area contributed by atoms with E-state index in [1.54, 1.807) is 0 Å². The molecule has 1 fully saturated rings. The van der Waals surface area contributed by atoms with Gasteiger partial charge in [-0.1, -0.05) is 37.3 Å². The lowest BCUT2D eigenvalue weighted by molar-refractivity contribution is 0.249. The summed E-state index contributed by atoms with van der Waals surface area (Å²) in [7, 11) is 0. The highest BCUT2D eigenvalue weighted by atomic mass is 16.3. The van der Waals surface area contributed by atoms with Crippen LogP contribution in [0.5, 0.6) is 0 Å². The van der Waals surface area contributed by atoms with Crippen molar-refractivity contribution >= 4 is 0 Å². The standard InChI is InChI=1S/C16H25NO/c1-16(14-6-3-2-4-7-14)10-8-15(9-11-16)17-12-5-13-18/h2-4,6-7,15,17-18H,5,8-13H2,1H3. The van der Waals surface area contributed by atoms with Gasteiger partial charge in [0.15, 0.2) is 0 Å². The SMILES string of the molecule is CC1(c2ccccc2)CCC(NCCCO)CC1. The largest absolute Gasteiger partial charge is 0.396 e. The molecule has 1 aromatic carbocycles. The fraction of sp³-hybridized carbons (Fsp3) is 0.625. The minimum atomic E-state index is 0.293. The highest BCUT2D eigenvalue weighted by Crippen LogP contribution is 2.38. The molecule has 0 bridgehead atoms. The van der Waals surface area contributed by atoms with Gasteiger partial charge in [0.2, 0.25) is 0 Å². The fourth-order valence-electron chi connectivity index (χ4n) is 2.97. The van der Waals surface area contributed by atoms with Crippen LogP contribution in [-0.2, 0) is 5.41 Å². The fourth-order valence-corrected chi connectivity index (χ4v) is 2.97. The van der Waals surface area contributed by atoms with E-state index in [9.17, 15) is 0 Å². The van der Waals surface area contributed by atoms with Crippen molar-refractivity contribution in [1.29, 1.82) is 0 Å². The van der Waals surface area contributed by atoms with E-state index in [4.69, 9.17) is 5.11 Å². The smallest absolute Gasteiger partial charge is 0.0443 e. The first-order valence-corrected chi connectivity index (χ1v) is 7.14. The number of benzene rings is 1. The van der Waals surface area contributed by atoms with Crippen molar-refractivity contribution in [3.05, 3.63) is 35.9 Å². The van der Waals surface area contributed by atoms with E-state index in [0.29, 0.717) is 18.1 Å². The zero-order chi connectivity index (χ0) is 12.8. The summed E-state index contributed by atoms with van der Waals surface area (Å²) in [5, 5.41) is 12.3. The van der Waals surface area contributed by atoms with E-state index in [0.717, 1.165) is 13.0 Å². The summed E-state index contributed by atoms with van der Waals surface area (Å²) in [6, 6.07) is 11.6. The van der Waals surface area contributed by atoms with Crippen LogP contribution in [0.3, 0.4) is 0 Å². The highest BCUT2D eigenvalue weighted by molar-refractivity contribution is 5.25. The lowest BCUT2D eigenvalue weighted by Gasteiger charge is -2.38. The topological polar surface area (TPSA) is 32.3 Å². The van der Waals surface area contributed by atoms with Crippen molar-refractivity contribution in [1.82, 2.24) is 5.32 Å². The maximum atomic E-state index is 8.79. The Kier molecular flexibility index (Phi) is 4.79. The van der Waals surface area contributed by atoms with Gasteiger partial charge in [0.1, 0.15) is 0 Å². The van der Waals surface area contributed by atoms with Crippen molar-refractivity contribution in [2.24, 2.45) is 0 Å². The van der Waals surface area contributed by atoms with Crippen LogP contribution < -0.4 is 5.32 Å². The molecule has 1 aromatic rings. The molecule has 1 saturated carbocycles. The van der Waals surface area contributed by atoms with Crippen LogP contribution in [0.2, 0.25) is 0 Å². The van der Waals surface area contributed by atoms with Gasteiger partial charge in [0.05, 0.1) is 0 Å². The molecule has 18 heavy (non-hydrogen) atoms. The van der Waals surface area contributed by atoms with E-state index in [-0.39, 0.29) is 0 Å². The first kappa shape index (κ1) is 13.6. The van der Waals surface area contributed by atoms with Crippen molar-refractivity contribution in [3.8, 4) is 0 Å². The molecule has 100 valence electrons. The van der Waals surface area contributed by atoms with Gasteiger partial charge in [-0.25, -0.2) is 0 Å². The van der Waals surface area contributed by atoms with Gasteiger partial charge in [-0.3, -0.25) is 0 Å². The van der Waals surface area contributed by atoms with Crippen molar-refractivity contribution in [3.63, 3.8) is 0 Å². The molecule has 0 spiro atoms. The third kappa shape index (κ3) is 3.33. The molecule has 0 aliphatic heterocycles. The first-order chi connectivity index (χ1) is 8.74. The van der Waals surface area contributed by atoms with Crippen molar-refractivity contribution < 1.29 is 5.11 Å². The number of hydrogen-bond donors (Lipinski definition) is 2. The van der Waals surface area contributed by atoms with E-state index >= 15 is 0 Å². The summed E-state index contributed by atoms with van der Waals surface area (Å²) in [6.45, 7) is 3.64. The summed E-state index contributed by atoms with van der Waals surface area (Å²) >= 11 is 0. The molecule has 0 saturated heterocycles. The number of aliphatic hydroxyl groups is 1. The van der Waals surface area contributed by atoms with Crippen LogP contribution in [0.1, 0.15) is 44.6 Å². The van der Waals surface area contributed by atoms with Gasteiger partial charge >= 0.3 is 0 Å². The van der Waals surface area contributed by atoms with Gasteiger partial charge < -0.3 is 10.4 Å². The minimum Gasteiger partial charge on any atom is -0.396 e. The summed E-state index contributed by atoms with van der Waals surface area (Å²) in [5.74, 6) is 0. The number of rotatable bonds is 5. The second-order valence-corrected chi connectivity index (χ2v) is 5.73. The quantitative estimate of drug-likeness (QED) is 0.784. The average molecular weight is 247 g/mol. The molecule has 0 heterocycles. The zero-order valence-electron chi connectivity index (χ0n) is 11.4. The van der Waals surface area contributed by atoms with Crippen LogP contribution in [0.4, 0.5) is 0 Å². The van der Waals surface area contributed by atoms with Crippen LogP contribution in [0.25, 0.3) is 0 Å². The Bertz CT molecular complexity index is 341. The first-order valence-electron chi connectivity index (χ1n) is 7.14. The Morgan fingerprint density at radius 2 is 1.89 bits per heavy atom.